The number of carbonyl (C=O) groups excluding carboxylic acids is 2. The molecular weight excluding hydrogens is 308 g/mol. The Bertz CT molecular complexity index is 698. The Kier molecular flexibility index (Phi) is 6.33. The van der Waals surface area contributed by atoms with Crippen LogP contribution in [0.2, 0.25) is 0 Å². The van der Waals surface area contributed by atoms with Crippen molar-refractivity contribution in [3.63, 3.8) is 0 Å². The minimum Gasteiger partial charge on any atom is -0.496 e. The lowest BCUT2D eigenvalue weighted by molar-refractivity contribution is -0.115. The quantitative estimate of drug-likeness (QED) is 0.762. The van der Waals surface area contributed by atoms with E-state index in [9.17, 15) is 9.59 Å². The molecule has 0 heterocycles. The van der Waals surface area contributed by atoms with E-state index in [0.29, 0.717) is 17.8 Å². The van der Waals surface area contributed by atoms with Crippen LogP contribution in [0.25, 0.3) is 0 Å². The summed E-state index contributed by atoms with van der Waals surface area (Å²) in [4.78, 5) is 23.3. The highest BCUT2D eigenvalue weighted by molar-refractivity contribution is 5.93. The molecule has 0 aliphatic carbocycles. The van der Waals surface area contributed by atoms with Crippen molar-refractivity contribution >= 4 is 17.6 Å². The van der Waals surface area contributed by atoms with Gasteiger partial charge in [0.15, 0.2) is 0 Å². The number of methoxy groups -OCH3 is 2. The van der Waals surface area contributed by atoms with Gasteiger partial charge < -0.3 is 20.1 Å². The summed E-state index contributed by atoms with van der Waals surface area (Å²) in [6.45, 7) is 0.690. The lowest BCUT2D eigenvalue weighted by Crippen LogP contribution is -2.27. The fraction of sp³-hybridized carbons (Fsp3) is 0.222. The van der Waals surface area contributed by atoms with Gasteiger partial charge in [-0.2, -0.15) is 0 Å². The molecule has 24 heavy (non-hydrogen) atoms. The summed E-state index contributed by atoms with van der Waals surface area (Å²) in [5.41, 5.74) is 2.03. The van der Waals surface area contributed by atoms with Crippen molar-refractivity contribution in [3.8, 4) is 5.75 Å². The number of hydrogen-bond donors (Lipinski definition) is 2. The van der Waals surface area contributed by atoms with Crippen molar-refractivity contribution in [2.45, 2.75) is 6.54 Å². The highest BCUT2D eigenvalue weighted by atomic mass is 16.5. The molecule has 0 spiro atoms. The van der Waals surface area contributed by atoms with Crippen molar-refractivity contribution in [3.05, 3.63) is 59.7 Å². The van der Waals surface area contributed by atoms with E-state index in [4.69, 9.17) is 4.74 Å². The second-order valence-corrected chi connectivity index (χ2v) is 5.03. The van der Waals surface area contributed by atoms with E-state index >= 15 is 0 Å². The van der Waals surface area contributed by atoms with E-state index in [1.54, 1.807) is 31.4 Å². The molecule has 0 fully saturated rings. The largest absolute Gasteiger partial charge is 0.496 e. The fourth-order valence-corrected chi connectivity index (χ4v) is 2.17. The van der Waals surface area contributed by atoms with Crippen molar-refractivity contribution < 1.29 is 19.1 Å². The number of para-hydroxylation sites is 1. The van der Waals surface area contributed by atoms with Gasteiger partial charge in [0.1, 0.15) is 5.75 Å². The molecule has 1 amide bonds. The number of ether oxygens (including phenoxy) is 2. The fourth-order valence-electron chi connectivity index (χ4n) is 2.17. The summed E-state index contributed by atoms with van der Waals surface area (Å²) in [6.07, 6.45) is 0. The molecule has 0 saturated carbocycles. The predicted octanol–water partition coefficient (Wildman–Crippen LogP) is 2.21. The molecular formula is C18H20N2O4. The molecule has 0 bridgehead atoms. The third-order valence-electron chi connectivity index (χ3n) is 3.38. The number of esters is 1. The van der Waals surface area contributed by atoms with Gasteiger partial charge in [-0.3, -0.25) is 4.79 Å². The summed E-state index contributed by atoms with van der Waals surface area (Å²) in [7, 11) is 2.94. The second kappa shape index (κ2) is 8.69. The number of rotatable bonds is 7. The van der Waals surface area contributed by atoms with Crippen LogP contribution in [-0.2, 0) is 16.1 Å². The maximum absolute atomic E-state index is 11.9. The Morgan fingerprint density at radius 3 is 2.38 bits per heavy atom. The Morgan fingerprint density at radius 2 is 1.71 bits per heavy atom. The molecule has 2 rings (SSSR count). The smallest absolute Gasteiger partial charge is 0.337 e. The maximum atomic E-state index is 11.9. The second-order valence-electron chi connectivity index (χ2n) is 5.03. The van der Waals surface area contributed by atoms with Crippen LogP contribution in [0, 0.1) is 0 Å². The molecule has 0 radical (unpaired) electrons. The molecule has 2 aromatic carbocycles. The number of anilines is 1. The van der Waals surface area contributed by atoms with Crippen molar-refractivity contribution in [2.24, 2.45) is 0 Å². The van der Waals surface area contributed by atoms with Crippen molar-refractivity contribution in [2.75, 3.05) is 26.1 Å². The van der Waals surface area contributed by atoms with Gasteiger partial charge in [0.05, 0.1) is 26.3 Å². The van der Waals surface area contributed by atoms with Gasteiger partial charge >= 0.3 is 5.97 Å². The standard InChI is InChI=1S/C18H20N2O4/c1-23-16-6-4-3-5-14(16)11-19-12-17(21)20-15-9-7-13(8-10-15)18(22)24-2/h3-10,19H,11-12H2,1-2H3,(H,20,21). The zero-order chi connectivity index (χ0) is 17.4. The molecule has 0 saturated heterocycles. The van der Waals surface area contributed by atoms with Gasteiger partial charge in [-0.25, -0.2) is 4.79 Å². The van der Waals surface area contributed by atoms with Crippen LogP contribution < -0.4 is 15.4 Å². The van der Waals surface area contributed by atoms with E-state index in [1.807, 2.05) is 24.3 Å². The third-order valence-corrected chi connectivity index (χ3v) is 3.38. The molecule has 6 nitrogen and oxygen atoms in total. The zero-order valence-corrected chi connectivity index (χ0v) is 13.7. The highest BCUT2D eigenvalue weighted by Gasteiger charge is 2.07. The van der Waals surface area contributed by atoms with Gasteiger partial charge in [-0.05, 0) is 30.3 Å². The number of hydrogen-bond acceptors (Lipinski definition) is 5. The highest BCUT2D eigenvalue weighted by Crippen LogP contribution is 2.16. The average molecular weight is 328 g/mol. The summed E-state index contributed by atoms with van der Waals surface area (Å²) < 4.78 is 9.88. The van der Waals surface area contributed by atoms with Crippen LogP contribution >= 0.6 is 0 Å². The first kappa shape index (κ1) is 17.5. The minimum atomic E-state index is -0.411. The molecule has 6 heteroatoms. The minimum absolute atomic E-state index is 0.163. The lowest BCUT2D eigenvalue weighted by atomic mass is 10.2. The Morgan fingerprint density at radius 1 is 1.00 bits per heavy atom. The van der Waals surface area contributed by atoms with E-state index in [0.717, 1.165) is 11.3 Å². The van der Waals surface area contributed by atoms with E-state index in [1.165, 1.54) is 7.11 Å². The Balaban J connectivity index is 1.82. The molecule has 2 N–H and O–H groups in total. The molecule has 0 unspecified atom stereocenters. The Labute approximate surface area is 140 Å². The molecule has 0 aliphatic heterocycles. The first-order valence-corrected chi connectivity index (χ1v) is 7.45. The van der Waals surface area contributed by atoms with E-state index in [-0.39, 0.29) is 12.5 Å². The van der Waals surface area contributed by atoms with Crippen molar-refractivity contribution in [1.29, 1.82) is 0 Å². The number of amides is 1. The predicted molar refractivity (Wildman–Crippen MR) is 91.1 cm³/mol. The third kappa shape index (κ3) is 4.82. The lowest BCUT2D eigenvalue weighted by Gasteiger charge is -2.10. The molecule has 126 valence electrons. The van der Waals surface area contributed by atoms with Crippen LogP contribution in [0.5, 0.6) is 5.75 Å². The summed E-state index contributed by atoms with van der Waals surface area (Å²) in [6, 6.07) is 14.1. The van der Waals surface area contributed by atoms with E-state index < -0.39 is 5.97 Å². The average Bonchev–Trinajstić information content (AvgIpc) is 2.62. The van der Waals surface area contributed by atoms with Crippen LogP contribution in [-0.4, -0.2) is 32.6 Å². The van der Waals surface area contributed by atoms with Crippen molar-refractivity contribution in [1.82, 2.24) is 5.32 Å². The molecule has 0 atom stereocenters. The SMILES string of the molecule is COC(=O)c1ccc(NC(=O)CNCc2ccccc2OC)cc1. The van der Waals surface area contributed by atoms with Gasteiger partial charge in [0.2, 0.25) is 5.91 Å². The topological polar surface area (TPSA) is 76.7 Å². The maximum Gasteiger partial charge on any atom is 0.337 e. The van der Waals surface area contributed by atoms with Gasteiger partial charge in [0, 0.05) is 17.8 Å². The number of nitrogens with one attached hydrogen (secondary N) is 2. The Hall–Kier alpha value is -2.86. The molecule has 0 aliphatic rings. The van der Waals surface area contributed by atoms with Crippen LogP contribution in [0.15, 0.2) is 48.5 Å². The van der Waals surface area contributed by atoms with Gasteiger partial charge in [-0.15, -0.1) is 0 Å². The van der Waals surface area contributed by atoms with Gasteiger partial charge in [0.25, 0.3) is 0 Å². The first-order chi connectivity index (χ1) is 11.6. The normalized spacial score (nSPS) is 10.1. The van der Waals surface area contributed by atoms with Crippen LogP contribution in [0.3, 0.4) is 0 Å². The summed E-state index contributed by atoms with van der Waals surface area (Å²) in [5.74, 6) is 0.200. The van der Waals surface area contributed by atoms with Crippen LogP contribution in [0.1, 0.15) is 15.9 Å². The monoisotopic (exact) mass is 328 g/mol. The first-order valence-electron chi connectivity index (χ1n) is 7.45. The summed E-state index contributed by atoms with van der Waals surface area (Å²) in [5, 5.41) is 5.83. The molecule has 0 aromatic heterocycles. The van der Waals surface area contributed by atoms with E-state index in [2.05, 4.69) is 15.4 Å². The van der Waals surface area contributed by atoms with Gasteiger partial charge in [-0.1, -0.05) is 18.2 Å². The number of carbonyl (C=O) groups is 2. The molecule has 2 aromatic rings. The van der Waals surface area contributed by atoms with Crippen LogP contribution in [0.4, 0.5) is 5.69 Å². The summed E-state index contributed by atoms with van der Waals surface area (Å²) >= 11 is 0. The zero-order valence-electron chi connectivity index (χ0n) is 13.7. The number of benzene rings is 2.